The summed E-state index contributed by atoms with van der Waals surface area (Å²) < 4.78 is 16.4. The first-order valence-corrected chi connectivity index (χ1v) is 10.2. The van der Waals surface area contributed by atoms with Crippen LogP contribution in [0, 0.1) is 12.7 Å². The van der Waals surface area contributed by atoms with Gasteiger partial charge in [-0.25, -0.2) is 9.37 Å². The van der Waals surface area contributed by atoms with Crippen molar-refractivity contribution in [1.82, 2.24) is 19.9 Å². The number of hydrogen-bond acceptors (Lipinski definition) is 4. The number of aryl methyl sites for hydroxylation is 2. The number of pyridine rings is 1. The predicted octanol–water partition coefficient (Wildman–Crippen LogP) is 5.40. The van der Waals surface area contributed by atoms with E-state index in [1.165, 1.54) is 12.1 Å². The Hall–Kier alpha value is -3.16. The maximum absolute atomic E-state index is 14.7. The summed E-state index contributed by atoms with van der Waals surface area (Å²) in [7, 11) is 1.73. The minimum absolute atomic E-state index is 0.0967. The van der Waals surface area contributed by atoms with Gasteiger partial charge in [0, 0.05) is 19.3 Å². The van der Waals surface area contributed by atoms with Crippen molar-refractivity contribution in [1.29, 1.82) is 0 Å². The van der Waals surface area contributed by atoms with E-state index in [0.717, 1.165) is 5.56 Å². The molecule has 0 atom stereocenters. The predicted molar refractivity (Wildman–Crippen MR) is 121 cm³/mol. The second-order valence-electron chi connectivity index (χ2n) is 7.04. The minimum Gasteiger partial charge on any atom is -0.346 e. The smallest absolute Gasteiger partial charge is 0.254 e. The molecular weight excluding hydrogens is 440 g/mol. The number of rotatable bonds is 5. The van der Waals surface area contributed by atoms with E-state index in [-0.39, 0.29) is 12.1 Å². The highest BCUT2D eigenvalue weighted by molar-refractivity contribution is 6.39. The number of fused-ring (bicyclic) bond motifs is 1. The topological polar surface area (TPSA) is 71.8 Å². The normalized spacial score (nSPS) is 11.0. The molecule has 2 heterocycles. The van der Waals surface area contributed by atoms with Crippen molar-refractivity contribution < 1.29 is 9.18 Å². The van der Waals surface area contributed by atoms with E-state index in [9.17, 15) is 9.18 Å². The molecule has 6 nitrogen and oxygen atoms in total. The van der Waals surface area contributed by atoms with Crippen LogP contribution in [-0.4, -0.2) is 20.4 Å². The van der Waals surface area contributed by atoms with Gasteiger partial charge in [0.25, 0.3) is 5.91 Å². The Balaban J connectivity index is 1.61. The van der Waals surface area contributed by atoms with E-state index in [0.29, 0.717) is 38.4 Å². The Morgan fingerprint density at radius 2 is 1.90 bits per heavy atom. The summed E-state index contributed by atoms with van der Waals surface area (Å²) >= 11 is 12.4. The summed E-state index contributed by atoms with van der Waals surface area (Å²) in [4.78, 5) is 21.2. The summed E-state index contributed by atoms with van der Waals surface area (Å²) in [5.74, 6) is -0.782. The lowest BCUT2D eigenvalue weighted by molar-refractivity contribution is 0.0946. The lowest BCUT2D eigenvalue weighted by atomic mass is 10.1. The van der Waals surface area contributed by atoms with E-state index in [1.54, 1.807) is 36.0 Å². The number of anilines is 2. The highest BCUT2D eigenvalue weighted by Crippen LogP contribution is 2.33. The molecule has 0 aliphatic heterocycles. The van der Waals surface area contributed by atoms with E-state index >= 15 is 0 Å². The van der Waals surface area contributed by atoms with Crippen molar-refractivity contribution in [2.24, 2.45) is 7.05 Å². The standard InChI is InChI=1S/C22H18Cl2FN5O/c1-12-6-7-26-13(8-12)11-27-21(31)14-9-18-19(10-17(14)25)30(2)22(28-18)29-20-15(23)4-3-5-16(20)24/h3-10H,11H2,1-2H3,(H,27,31)(H,28,29). The fourth-order valence-electron chi connectivity index (χ4n) is 3.19. The largest absolute Gasteiger partial charge is 0.346 e. The van der Waals surface area contributed by atoms with Crippen molar-refractivity contribution in [2.45, 2.75) is 13.5 Å². The van der Waals surface area contributed by atoms with Crippen molar-refractivity contribution >= 4 is 51.8 Å². The lowest BCUT2D eigenvalue weighted by Gasteiger charge is -2.09. The SMILES string of the molecule is Cc1ccnc(CNC(=O)c2cc3nc(Nc4c(Cl)cccc4Cl)n(C)c3cc2F)c1. The second-order valence-corrected chi connectivity index (χ2v) is 7.86. The molecule has 0 unspecified atom stereocenters. The molecule has 0 aliphatic rings. The molecule has 0 spiro atoms. The third-order valence-corrected chi connectivity index (χ3v) is 5.45. The van der Waals surface area contributed by atoms with Crippen LogP contribution >= 0.6 is 23.2 Å². The Labute approximate surface area is 188 Å². The Kier molecular flexibility index (Phi) is 5.80. The zero-order chi connectivity index (χ0) is 22.1. The monoisotopic (exact) mass is 457 g/mol. The number of aromatic nitrogens is 3. The average Bonchev–Trinajstić information content (AvgIpc) is 3.03. The van der Waals surface area contributed by atoms with Gasteiger partial charge < -0.3 is 15.2 Å². The highest BCUT2D eigenvalue weighted by atomic mass is 35.5. The average molecular weight is 458 g/mol. The molecule has 0 fully saturated rings. The fraction of sp³-hybridized carbons (Fsp3) is 0.136. The van der Waals surface area contributed by atoms with Crippen molar-refractivity contribution in [3.8, 4) is 0 Å². The highest BCUT2D eigenvalue weighted by Gasteiger charge is 2.18. The molecule has 4 rings (SSSR count). The Morgan fingerprint density at radius 3 is 2.61 bits per heavy atom. The molecule has 4 aromatic rings. The summed E-state index contributed by atoms with van der Waals surface area (Å²) in [5.41, 5.74) is 3.08. The zero-order valence-electron chi connectivity index (χ0n) is 16.7. The third kappa shape index (κ3) is 4.33. The molecule has 0 saturated carbocycles. The Morgan fingerprint density at radius 1 is 1.16 bits per heavy atom. The maximum Gasteiger partial charge on any atom is 0.254 e. The second kappa shape index (κ2) is 8.53. The van der Waals surface area contributed by atoms with E-state index < -0.39 is 11.7 Å². The van der Waals surface area contributed by atoms with E-state index in [1.807, 2.05) is 19.1 Å². The molecule has 0 saturated heterocycles. The first-order valence-electron chi connectivity index (χ1n) is 9.40. The molecule has 2 aromatic heterocycles. The number of carbonyl (C=O) groups is 1. The summed E-state index contributed by atoms with van der Waals surface area (Å²) in [6, 6.07) is 11.5. The minimum atomic E-state index is -0.646. The van der Waals surface area contributed by atoms with Gasteiger partial charge in [0.05, 0.1) is 44.6 Å². The van der Waals surface area contributed by atoms with Crippen LogP contribution in [0.5, 0.6) is 0 Å². The van der Waals surface area contributed by atoms with Gasteiger partial charge >= 0.3 is 0 Å². The molecule has 1 amide bonds. The van der Waals surface area contributed by atoms with Crippen molar-refractivity contribution in [2.75, 3.05) is 5.32 Å². The van der Waals surface area contributed by atoms with Crippen LogP contribution in [0.2, 0.25) is 10.0 Å². The van der Waals surface area contributed by atoms with Crippen LogP contribution in [0.25, 0.3) is 11.0 Å². The van der Waals surface area contributed by atoms with Crippen LogP contribution in [0.1, 0.15) is 21.6 Å². The first-order chi connectivity index (χ1) is 14.8. The van der Waals surface area contributed by atoms with Gasteiger partial charge in [0.2, 0.25) is 5.95 Å². The van der Waals surface area contributed by atoms with Gasteiger partial charge in [-0.05, 0) is 42.8 Å². The van der Waals surface area contributed by atoms with Gasteiger partial charge in [-0.1, -0.05) is 29.3 Å². The molecule has 2 N–H and O–H groups in total. The third-order valence-electron chi connectivity index (χ3n) is 4.82. The van der Waals surface area contributed by atoms with Crippen LogP contribution in [0.4, 0.5) is 16.0 Å². The van der Waals surface area contributed by atoms with Crippen LogP contribution < -0.4 is 10.6 Å². The van der Waals surface area contributed by atoms with Crippen LogP contribution in [0.3, 0.4) is 0 Å². The maximum atomic E-state index is 14.7. The number of carbonyl (C=O) groups excluding carboxylic acids is 1. The van der Waals surface area contributed by atoms with Crippen LogP contribution in [-0.2, 0) is 13.6 Å². The lowest BCUT2D eigenvalue weighted by Crippen LogP contribution is -2.24. The van der Waals surface area contributed by atoms with Gasteiger partial charge in [-0.15, -0.1) is 0 Å². The molecule has 2 aromatic carbocycles. The number of para-hydroxylation sites is 1. The van der Waals surface area contributed by atoms with Gasteiger partial charge in [-0.2, -0.15) is 0 Å². The number of halogens is 3. The molecule has 0 aliphatic carbocycles. The number of nitrogens with one attached hydrogen (secondary N) is 2. The first kappa shape index (κ1) is 21.1. The number of benzene rings is 2. The molecule has 0 radical (unpaired) electrons. The fourth-order valence-corrected chi connectivity index (χ4v) is 3.68. The summed E-state index contributed by atoms with van der Waals surface area (Å²) in [6.45, 7) is 2.13. The molecular formula is C22H18Cl2FN5O. The van der Waals surface area contributed by atoms with Gasteiger partial charge in [0.1, 0.15) is 5.82 Å². The molecule has 31 heavy (non-hydrogen) atoms. The van der Waals surface area contributed by atoms with E-state index in [4.69, 9.17) is 23.2 Å². The summed E-state index contributed by atoms with van der Waals surface area (Å²) in [5, 5.41) is 6.63. The quantitative estimate of drug-likeness (QED) is 0.420. The van der Waals surface area contributed by atoms with Crippen LogP contribution in [0.15, 0.2) is 48.7 Å². The number of hydrogen-bond donors (Lipinski definition) is 2. The Bertz CT molecular complexity index is 1280. The van der Waals surface area contributed by atoms with E-state index in [2.05, 4.69) is 20.6 Å². The molecule has 9 heteroatoms. The van der Waals surface area contributed by atoms with Crippen molar-refractivity contribution in [3.05, 3.63) is 81.3 Å². The number of imidazole rings is 1. The number of amides is 1. The summed E-state index contributed by atoms with van der Waals surface area (Å²) in [6.07, 6.45) is 1.66. The number of nitrogens with zero attached hydrogens (tertiary/aromatic N) is 3. The van der Waals surface area contributed by atoms with Crippen molar-refractivity contribution in [3.63, 3.8) is 0 Å². The zero-order valence-corrected chi connectivity index (χ0v) is 18.2. The van der Waals surface area contributed by atoms with Gasteiger partial charge in [-0.3, -0.25) is 9.78 Å². The molecule has 158 valence electrons. The van der Waals surface area contributed by atoms with Gasteiger partial charge in [0.15, 0.2) is 0 Å². The molecule has 0 bridgehead atoms.